The number of benzene rings is 3. The maximum atomic E-state index is 12.5. The second kappa shape index (κ2) is 9.99. The van der Waals surface area contributed by atoms with Crippen LogP contribution in [0.3, 0.4) is 0 Å². The minimum Gasteiger partial charge on any atom is -0.376 e. The Morgan fingerprint density at radius 2 is 1.45 bits per heavy atom. The van der Waals surface area contributed by atoms with E-state index in [2.05, 4.69) is 21.3 Å². The third-order valence-corrected chi connectivity index (χ3v) is 5.42. The molecule has 0 unspecified atom stereocenters. The van der Waals surface area contributed by atoms with E-state index in [1.54, 1.807) is 42.5 Å². The monoisotopic (exact) mass is 442 g/mol. The Morgan fingerprint density at radius 1 is 0.788 bits per heavy atom. The molecule has 7 nitrogen and oxygen atoms in total. The fraction of sp³-hybridized carbons (Fsp3) is 0.192. The minimum absolute atomic E-state index is 0.0301. The van der Waals surface area contributed by atoms with Crippen molar-refractivity contribution in [1.29, 1.82) is 0 Å². The first-order chi connectivity index (χ1) is 16.0. The molecular weight excluding hydrogens is 416 g/mol. The van der Waals surface area contributed by atoms with E-state index in [9.17, 15) is 14.4 Å². The number of anilines is 4. The highest BCUT2D eigenvalue weighted by Crippen LogP contribution is 2.31. The quantitative estimate of drug-likeness (QED) is 0.408. The zero-order valence-electron chi connectivity index (χ0n) is 18.4. The topological polar surface area (TPSA) is 99.3 Å². The van der Waals surface area contributed by atoms with E-state index >= 15 is 0 Å². The summed E-state index contributed by atoms with van der Waals surface area (Å²) in [6.07, 6.45) is 1.87. The highest BCUT2D eigenvalue weighted by atomic mass is 16.2. The van der Waals surface area contributed by atoms with Gasteiger partial charge in [-0.15, -0.1) is 0 Å². The van der Waals surface area contributed by atoms with Crippen LogP contribution >= 0.6 is 0 Å². The maximum absolute atomic E-state index is 12.5. The third kappa shape index (κ3) is 5.98. The van der Waals surface area contributed by atoms with Crippen molar-refractivity contribution in [2.45, 2.75) is 19.8 Å². The molecule has 0 heterocycles. The van der Waals surface area contributed by atoms with E-state index in [-0.39, 0.29) is 30.2 Å². The summed E-state index contributed by atoms with van der Waals surface area (Å²) in [6, 6.07) is 21.6. The van der Waals surface area contributed by atoms with Gasteiger partial charge in [0.25, 0.3) is 5.91 Å². The third-order valence-electron chi connectivity index (χ3n) is 5.42. The summed E-state index contributed by atoms with van der Waals surface area (Å²) >= 11 is 0. The molecule has 1 aliphatic carbocycles. The molecule has 1 aliphatic rings. The Hall–Kier alpha value is -4.13. The van der Waals surface area contributed by atoms with Gasteiger partial charge in [0.2, 0.25) is 11.8 Å². The van der Waals surface area contributed by atoms with E-state index in [0.29, 0.717) is 28.3 Å². The van der Waals surface area contributed by atoms with Crippen molar-refractivity contribution >= 4 is 40.5 Å². The van der Waals surface area contributed by atoms with E-state index in [1.165, 1.54) is 0 Å². The van der Waals surface area contributed by atoms with Crippen LogP contribution in [0.4, 0.5) is 22.7 Å². The predicted molar refractivity (Wildman–Crippen MR) is 130 cm³/mol. The number of nitrogens with one attached hydrogen (secondary N) is 4. The van der Waals surface area contributed by atoms with Crippen LogP contribution in [0.15, 0.2) is 72.8 Å². The lowest BCUT2D eigenvalue weighted by atomic mass is 10.1. The molecule has 168 valence electrons. The molecule has 4 N–H and O–H groups in total. The van der Waals surface area contributed by atoms with Crippen LogP contribution in [-0.2, 0) is 9.59 Å². The molecule has 0 radical (unpaired) electrons. The van der Waals surface area contributed by atoms with Crippen LogP contribution in [-0.4, -0.2) is 24.3 Å². The van der Waals surface area contributed by atoms with Crippen molar-refractivity contribution < 1.29 is 14.4 Å². The Bertz CT molecular complexity index is 1170. The van der Waals surface area contributed by atoms with Gasteiger partial charge in [-0.1, -0.05) is 30.3 Å². The molecule has 7 heteroatoms. The van der Waals surface area contributed by atoms with E-state index < -0.39 is 0 Å². The molecule has 33 heavy (non-hydrogen) atoms. The first-order valence-electron chi connectivity index (χ1n) is 10.9. The average Bonchev–Trinajstić information content (AvgIpc) is 3.67. The van der Waals surface area contributed by atoms with Crippen molar-refractivity contribution in [1.82, 2.24) is 0 Å². The first kappa shape index (κ1) is 22.1. The molecule has 1 fully saturated rings. The van der Waals surface area contributed by atoms with E-state index in [4.69, 9.17) is 0 Å². The van der Waals surface area contributed by atoms with Gasteiger partial charge in [-0.2, -0.15) is 0 Å². The molecule has 0 aliphatic heterocycles. The second-order valence-electron chi connectivity index (χ2n) is 8.04. The van der Waals surface area contributed by atoms with Gasteiger partial charge < -0.3 is 21.3 Å². The highest BCUT2D eigenvalue weighted by molar-refractivity contribution is 6.04. The van der Waals surface area contributed by atoms with Crippen LogP contribution in [0, 0.1) is 12.8 Å². The number of rotatable bonds is 8. The smallest absolute Gasteiger partial charge is 0.255 e. The molecular formula is C26H26N4O3. The van der Waals surface area contributed by atoms with Crippen molar-refractivity contribution in [3.63, 3.8) is 0 Å². The average molecular weight is 443 g/mol. The Morgan fingerprint density at radius 3 is 2.18 bits per heavy atom. The summed E-state index contributed by atoms with van der Waals surface area (Å²) in [6.45, 7) is 1.92. The lowest BCUT2D eigenvalue weighted by Gasteiger charge is -2.14. The number of carbonyl (C=O) groups is 3. The Labute approximate surface area is 192 Å². The molecule has 3 amide bonds. The molecule has 0 saturated heterocycles. The lowest BCUT2D eigenvalue weighted by molar-refractivity contribution is -0.117. The molecule has 4 rings (SSSR count). The van der Waals surface area contributed by atoms with Gasteiger partial charge in [-0.3, -0.25) is 14.4 Å². The summed E-state index contributed by atoms with van der Waals surface area (Å²) in [5, 5.41) is 11.7. The fourth-order valence-electron chi connectivity index (χ4n) is 3.36. The number of hydrogen-bond acceptors (Lipinski definition) is 4. The molecule has 1 saturated carbocycles. The van der Waals surface area contributed by atoms with Gasteiger partial charge in [0.05, 0.1) is 6.54 Å². The summed E-state index contributed by atoms with van der Waals surface area (Å²) in [7, 11) is 0. The SMILES string of the molecule is Cc1c(NC(=O)CNc2cccc(NC(=O)c3ccccc3)c2)cccc1NC(=O)C1CC1. The predicted octanol–water partition coefficient (Wildman–Crippen LogP) is 4.65. The van der Waals surface area contributed by atoms with Crippen LogP contribution in [0.1, 0.15) is 28.8 Å². The standard InChI is InChI=1S/C26H26N4O3/c1-17-22(11-6-12-23(17)30-26(33)19-13-14-19)29-24(31)16-27-20-9-5-10-21(15-20)28-25(32)18-7-3-2-4-8-18/h2-12,15,19,27H,13-14,16H2,1H3,(H,28,32)(H,29,31)(H,30,33). The fourth-order valence-corrected chi connectivity index (χ4v) is 3.36. The Balaban J connectivity index is 1.32. The number of hydrogen-bond donors (Lipinski definition) is 4. The minimum atomic E-state index is -0.220. The second-order valence-corrected chi connectivity index (χ2v) is 8.04. The van der Waals surface area contributed by atoms with Gasteiger partial charge in [0.15, 0.2) is 0 Å². The normalized spacial score (nSPS) is 12.5. The van der Waals surface area contributed by atoms with Crippen molar-refractivity contribution in [3.05, 3.63) is 83.9 Å². The van der Waals surface area contributed by atoms with Gasteiger partial charge in [-0.05, 0) is 67.8 Å². The van der Waals surface area contributed by atoms with Crippen LogP contribution in [0.25, 0.3) is 0 Å². The van der Waals surface area contributed by atoms with Crippen LogP contribution < -0.4 is 21.3 Å². The Kier molecular flexibility index (Phi) is 6.69. The number of amides is 3. The summed E-state index contributed by atoms with van der Waals surface area (Å²) < 4.78 is 0. The summed E-state index contributed by atoms with van der Waals surface area (Å²) in [5.74, 6) is -0.278. The largest absolute Gasteiger partial charge is 0.376 e. The van der Waals surface area contributed by atoms with Gasteiger partial charge >= 0.3 is 0 Å². The number of carbonyl (C=O) groups excluding carboxylic acids is 3. The van der Waals surface area contributed by atoms with Gasteiger partial charge in [-0.25, -0.2) is 0 Å². The lowest BCUT2D eigenvalue weighted by Crippen LogP contribution is -2.22. The van der Waals surface area contributed by atoms with Gasteiger partial charge in [0, 0.05) is 34.2 Å². The molecule has 0 aromatic heterocycles. The van der Waals surface area contributed by atoms with Crippen LogP contribution in [0.5, 0.6) is 0 Å². The molecule has 0 atom stereocenters. The van der Waals surface area contributed by atoms with Crippen molar-refractivity contribution in [2.75, 3.05) is 27.8 Å². The molecule has 3 aromatic carbocycles. The van der Waals surface area contributed by atoms with E-state index in [1.807, 2.05) is 37.3 Å². The van der Waals surface area contributed by atoms with Crippen LogP contribution in [0.2, 0.25) is 0 Å². The summed E-state index contributed by atoms with van der Waals surface area (Å²) in [4.78, 5) is 36.9. The van der Waals surface area contributed by atoms with Crippen molar-refractivity contribution in [3.8, 4) is 0 Å². The zero-order chi connectivity index (χ0) is 23.2. The molecule has 3 aromatic rings. The molecule has 0 bridgehead atoms. The zero-order valence-corrected chi connectivity index (χ0v) is 18.4. The van der Waals surface area contributed by atoms with Crippen molar-refractivity contribution in [2.24, 2.45) is 5.92 Å². The first-order valence-corrected chi connectivity index (χ1v) is 10.9. The highest BCUT2D eigenvalue weighted by Gasteiger charge is 2.29. The molecule has 0 spiro atoms. The summed E-state index contributed by atoms with van der Waals surface area (Å²) in [5.41, 5.74) is 4.08. The maximum Gasteiger partial charge on any atom is 0.255 e. The van der Waals surface area contributed by atoms with Gasteiger partial charge in [0.1, 0.15) is 0 Å². The van der Waals surface area contributed by atoms with E-state index in [0.717, 1.165) is 18.4 Å².